The summed E-state index contributed by atoms with van der Waals surface area (Å²) in [7, 11) is 0. The molecule has 1 amide bonds. The molecule has 0 saturated carbocycles. The molecule has 0 unspecified atom stereocenters. The number of aryl methyl sites for hydroxylation is 1. The van der Waals surface area contributed by atoms with E-state index >= 15 is 0 Å². The van der Waals surface area contributed by atoms with Gasteiger partial charge in [-0.2, -0.15) is 5.10 Å². The first-order valence-corrected chi connectivity index (χ1v) is 15.3. The first-order valence-electron chi connectivity index (χ1n) is 15.3. The Kier molecular flexibility index (Phi) is 6.79. The highest BCUT2D eigenvalue weighted by atomic mass is 16.2. The van der Waals surface area contributed by atoms with Gasteiger partial charge in [-0.15, -0.1) is 0 Å². The summed E-state index contributed by atoms with van der Waals surface area (Å²) in [6.07, 6.45) is 12.5. The molecular formula is C34H32N10O. The molecule has 1 aliphatic carbocycles. The van der Waals surface area contributed by atoms with Crippen molar-refractivity contribution in [1.29, 1.82) is 0 Å². The van der Waals surface area contributed by atoms with Crippen LogP contribution in [0.5, 0.6) is 0 Å². The third-order valence-corrected chi connectivity index (χ3v) is 8.92. The van der Waals surface area contributed by atoms with E-state index in [1.54, 1.807) is 41.6 Å². The van der Waals surface area contributed by atoms with Crippen molar-refractivity contribution in [3.05, 3.63) is 108 Å². The van der Waals surface area contributed by atoms with Gasteiger partial charge in [-0.25, -0.2) is 19.6 Å². The number of fused-ring (bicyclic) bond motifs is 2. The number of rotatable bonds is 6. The van der Waals surface area contributed by atoms with Crippen LogP contribution in [0.25, 0.3) is 34.1 Å². The van der Waals surface area contributed by atoms with Crippen molar-refractivity contribution < 1.29 is 4.79 Å². The normalized spacial score (nSPS) is 16.7. The Hall–Kier alpha value is -5.42. The van der Waals surface area contributed by atoms with Gasteiger partial charge in [0.25, 0.3) is 5.91 Å². The number of nitrogens with zero attached hydrogens (tertiary/aromatic N) is 8. The van der Waals surface area contributed by atoms with Crippen molar-refractivity contribution in [2.75, 3.05) is 18.8 Å². The summed E-state index contributed by atoms with van der Waals surface area (Å²) in [4.78, 5) is 33.2. The zero-order valence-electron chi connectivity index (χ0n) is 24.6. The fourth-order valence-corrected chi connectivity index (χ4v) is 6.64. The molecule has 1 atom stereocenters. The van der Waals surface area contributed by atoms with E-state index in [1.807, 2.05) is 41.4 Å². The Morgan fingerprint density at radius 2 is 1.78 bits per heavy atom. The summed E-state index contributed by atoms with van der Waals surface area (Å²) in [5, 5.41) is 8.28. The highest BCUT2D eigenvalue weighted by Gasteiger charge is 2.29. The first kappa shape index (κ1) is 27.2. The van der Waals surface area contributed by atoms with E-state index in [4.69, 9.17) is 15.7 Å². The fourth-order valence-electron chi connectivity index (χ4n) is 6.64. The Labute approximate surface area is 259 Å². The molecule has 5 aromatic heterocycles. The molecule has 1 aromatic carbocycles. The minimum absolute atomic E-state index is 0.0836. The molecule has 6 heterocycles. The first-order chi connectivity index (χ1) is 22.1. The van der Waals surface area contributed by atoms with Gasteiger partial charge in [0.05, 0.1) is 5.56 Å². The largest absolute Gasteiger partial charge is 0.383 e. The average Bonchev–Trinajstić information content (AvgIpc) is 3.84. The van der Waals surface area contributed by atoms with E-state index in [-0.39, 0.29) is 11.9 Å². The second-order valence-electron chi connectivity index (χ2n) is 11.6. The molecule has 0 radical (unpaired) electrons. The van der Waals surface area contributed by atoms with Gasteiger partial charge >= 0.3 is 0 Å². The molecule has 6 aromatic rings. The van der Waals surface area contributed by atoms with Gasteiger partial charge in [0.15, 0.2) is 17.3 Å². The van der Waals surface area contributed by atoms with Crippen LogP contribution in [-0.2, 0) is 6.42 Å². The van der Waals surface area contributed by atoms with E-state index < -0.39 is 0 Å². The number of imidazole rings is 1. The van der Waals surface area contributed by atoms with Gasteiger partial charge < -0.3 is 16.0 Å². The smallest absolute Gasteiger partial charge is 0.253 e. The number of carbonyl (C=O) groups is 1. The van der Waals surface area contributed by atoms with Crippen LogP contribution in [0.15, 0.2) is 91.6 Å². The number of hydrogen-bond acceptors (Lipinski definition) is 8. The summed E-state index contributed by atoms with van der Waals surface area (Å²) in [5.74, 6) is 1.90. The molecule has 11 nitrogen and oxygen atoms in total. The van der Waals surface area contributed by atoms with Crippen molar-refractivity contribution in [2.45, 2.75) is 37.8 Å². The molecule has 2 aliphatic rings. The number of piperidine rings is 1. The number of aromatic nitrogens is 7. The van der Waals surface area contributed by atoms with Gasteiger partial charge in [0.2, 0.25) is 0 Å². The number of amides is 1. The van der Waals surface area contributed by atoms with Gasteiger partial charge in [-0.1, -0.05) is 6.07 Å². The Morgan fingerprint density at radius 1 is 0.911 bits per heavy atom. The van der Waals surface area contributed by atoms with Crippen molar-refractivity contribution in [1.82, 2.24) is 44.5 Å². The SMILES string of the molecule is Nc1ncccc1-c1nc2ccc(-n3cccn3)nc2n1-c1ccc2c(c1)CC[C@@H]2NC1CCN(C(=O)c2ccncc2)CC1. The van der Waals surface area contributed by atoms with Crippen molar-refractivity contribution in [2.24, 2.45) is 0 Å². The minimum Gasteiger partial charge on any atom is -0.383 e. The van der Waals surface area contributed by atoms with Gasteiger partial charge in [0.1, 0.15) is 11.3 Å². The summed E-state index contributed by atoms with van der Waals surface area (Å²) in [6.45, 7) is 1.50. The number of nitrogen functional groups attached to an aromatic ring is 1. The zero-order chi connectivity index (χ0) is 30.3. The van der Waals surface area contributed by atoms with Crippen molar-refractivity contribution in [3.8, 4) is 22.9 Å². The molecular weight excluding hydrogens is 564 g/mol. The molecule has 3 N–H and O–H groups in total. The monoisotopic (exact) mass is 596 g/mol. The maximum absolute atomic E-state index is 12.9. The second kappa shape index (κ2) is 11.3. The van der Waals surface area contributed by atoms with Crippen molar-refractivity contribution in [3.63, 3.8) is 0 Å². The molecule has 224 valence electrons. The van der Waals surface area contributed by atoms with Gasteiger partial charge in [-0.05, 0) is 91.4 Å². The fraction of sp³-hybridized carbons (Fsp3) is 0.235. The average molecular weight is 597 g/mol. The summed E-state index contributed by atoms with van der Waals surface area (Å²) >= 11 is 0. The van der Waals surface area contributed by atoms with E-state index in [0.717, 1.165) is 61.2 Å². The van der Waals surface area contributed by atoms with E-state index in [2.05, 4.69) is 43.1 Å². The maximum Gasteiger partial charge on any atom is 0.253 e. The lowest BCUT2D eigenvalue weighted by Gasteiger charge is -2.34. The van der Waals surface area contributed by atoms with Crippen LogP contribution in [0.2, 0.25) is 0 Å². The number of hydrogen-bond donors (Lipinski definition) is 2. The predicted molar refractivity (Wildman–Crippen MR) is 171 cm³/mol. The van der Waals surface area contributed by atoms with Crippen LogP contribution in [0.3, 0.4) is 0 Å². The quantitative estimate of drug-likeness (QED) is 0.287. The van der Waals surface area contributed by atoms with Crippen LogP contribution < -0.4 is 11.1 Å². The second-order valence-corrected chi connectivity index (χ2v) is 11.6. The molecule has 45 heavy (non-hydrogen) atoms. The van der Waals surface area contributed by atoms with Crippen LogP contribution in [0.4, 0.5) is 5.82 Å². The number of nitrogens with one attached hydrogen (secondary N) is 1. The third-order valence-electron chi connectivity index (χ3n) is 8.92. The molecule has 11 heteroatoms. The lowest BCUT2D eigenvalue weighted by atomic mass is 10.0. The number of pyridine rings is 3. The zero-order valence-corrected chi connectivity index (χ0v) is 24.6. The Bertz CT molecular complexity index is 2000. The molecule has 1 saturated heterocycles. The number of benzene rings is 1. The lowest BCUT2D eigenvalue weighted by Crippen LogP contribution is -2.45. The molecule has 0 bridgehead atoms. The molecule has 1 fully saturated rings. The van der Waals surface area contributed by atoms with Crippen LogP contribution in [0.1, 0.15) is 46.8 Å². The number of likely N-dealkylation sites (tertiary alicyclic amines) is 1. The van der Waals surface area contributed by atoms with E-state index in [1.165, 1.54) is 11.1 Å². The van der Waals surface area contributed by atoms with E-state index in [9.17, 15) is 4.79 Å². The topological polar surface area (TPSA) is 133 Å². The standard InChI is InChI=1S/C34H32N10O/c35-31-27(3-1-14-37-31)32-40-29-8-9-30(43-18-2-15-38-43)41-33(29)44(32)25-5-6-26-23(21-25)4-7-28(26)39-24-12-19-42(20-13-24)34(45)22-10-16-36-17-11-22/h1-3,5-6,8-11,14-18,21,24,28,39H,4,7,12-13,19-20H2,(H2,35,37)/t28-/m0/s1. The summed E-state index contributed by atoms with van der Waals surface area (Å²) in [5.41, 5.74) is 12.9. The van der Waals surface area contributed by atoms with Crippen LogP contribution in [-0.4, -0.2) is 64.2 Å². The Morgan fingerprint density at radius 3 is 2.58 bits per heavy atom. The number of anilines is 1. The third kappa shape index (κ3) is 5.00. The predicted octanol–water partition coefficient (Wildman–Crippen LogP) is 4.53. The highest BCUT2D eigenvalue weighted by Crippen LogP contribution is 2.36. The Balaban J connectivity index is 1.07. The van der Waals surface area contributed by atoms with Crippen LogP contribution >= 0.6 is 0 Å². The number of carbonyl (C=O) groups excluding carboxylic acids is 1. The highest BCUT2D eigenvalue weighted by molar-refractivity contribution is 5.94. The van der Waals surface area contributed by atoms with Gasteiger partial charge in [-0.3, -0.25) is 14.3 Å². The summed E-state index contributed by atoms with van der Waals surface area (Å²) in [6, 6.07) is 20.4. The van der Waals surface area contributed by atoms with E-state index in [0.29, 0.717) is 29.1 Å². The molecule has 1 aliphatic heterocycles. The molecule has 0 spiro atoms. The van der Waals surface area contributed by atoms with Crippen LogP contribution in [0, 0.1) is 0 Å². The lowest BCUT2D eigenvalue weighted by molar-refractivity contribution is 0.0701. The minimum atomic E-state index is 0.0836. The number of nitrogens with two attached hydrogens (primary N) is 1. The maximum atomic E-state index is 12.9. The van der Waals surface area contributed by atoms with Crippen molar-refractivity contribution >= 4 is 22.9 Å². The molecule has 8 rings (SSSR count). The summed E-state index contributed by atoms with van der Waals surface area (Å²) < 4.78 is 3.82. The van der Waals surface area contributed by atoms with Gasteiger partial charge in [0, 0.05) is 67.4 Å².